The van der Waals surface area contributed by atoms with Gasteiger partial charge in [-0.1, -0.05) is 0 Å². The lowest BCUT2D eigenvalue weighted by atomic mass is 9.76. The molecule has 0 aromatic rings. The van der Waals surface area contributed by atoms with Crippen LogP contribution in [0.15, 0.2) is 0 Å². The largest absolute Gasteiger partial charge is 0.468 e. The van der Waals surface area contributed by atoms with E-state index >= 15 is 0 Å². The van der Waals surface area contributed by atoms with Crippen molar-refractivity contribution in [2.75, 3.05) is 34.0 Å². The predicted octanol–water partition coefficient (Wildman–Crippen LogP) is 0.172. The molecule has 0 aromatic carbocycles. The van der Waals surface area contributed by atoms with Gasteiger partial charge in [0.15, 0.2) is 5.78 Å². The minimum absolute atomic E-state index is 0.0604. The SMILES string of the molecule is COCC(=O)C1(C(=O)OC)CCOCC1. The summed E-state index contributed by atoms with van der Waals surface area (Å²) in [6.07, 6.45) is 0.754. The van der Waals surface area contributed by atoms with Gasteiger partial charge in [-0.25, -0.2) is 0 Å². The van der Waals surface area contributed by atoms with Crippen molar-refractivity contribution < 1.29 is 23.8 Å². The minimum Gasteiger partial charge on any atom is -0.468 e. The number of hydrogen-bond acceptors (Lipinski definition) is 5. The molecular weight excluding hydrogens is 200 g/mol. The number of hydrogen-bond donors (Lipinski definition) is 0. The molecule has 0 N–H and O–H groups in total. The van der Waals surface area contributed by atoms with Crippen molar-refractivity contribution >= 4 is 11.8 Å². The first-order valence-corrected chi connectivity index (χ1v) is 4.86. The lowest BCUT2D eigenvalue weighted by Crippen LogP contribution is -2.46. The molecule has 0 saturated carbocycles. The number of esters is 1. The summed E-state index contributed by atoms with van der Waals surface area (Å²) in [5.41, 5.74) is -1.05. The third-order valence-electron chi connectivity index (χ3n) is 2.73. The molecule has 5 heteroatoms. The summed E-state index contributed by atoms with van der Waals surface area (Å²) < 4.78 is 14.6. The van der Waals surface area contributed by atoms with E-state index in [0.29, 0.717) is 26.1 Å². The van der Waals surface area contributed by atoms with Crippen LogP contribution in [0.2, 0.25) is 0 Å². The van der Waals surface area contributed by atoms with Crippen LogP contribution in [0.25, 0.3) is 0 Å². The van der Waals surface area contributed by atoms with Crippen molar-refractivity contribution in [1.82, 2.24) is 0 Å². The zero-order valence-corrected chi connectivity index (χ0v) is 9.08. The quantitative estimate of drug-likeness (QED) is 0.495. The van der Waals surface area contributed by atoms with Crippen LogP contribution < -0.4 is 0 Å². The van der Waals surface area contributed by atoms with Crippen LogP contribution in [0.5, 0.6) is 0 Å². The Balaban J connectivity index is 2.84. The Morgan fingerprint density at radius 3 is 2.33 bits per heavy atom. The van der Waals surface area contributed by atoms with Gasteiger partial charge in [-0.3, -0.25) is 9.59 Å². The molecule has 0 aromatic heterocycles. The van der Waals surface area contributed by atoms with Crippen molar-refractivity contribution in [3.63, 3.8) is 0 Å². The third-order valence-corrected chi connectivity index (χ3v) is 2.73. The molecule has 0 radical (unpaired) electrons. The molecule has 1 saturated heterocycles. The molecule has 0 aliphatic carbocycles. The first-order valence-electron chi connectivity index (χ1n) is 4.86. The van der Waals surface area contributed by atoms with Crippen molar-refractivity contribution in [1.29, 1.82) is 0 Å². The summed E-state index contributed by atoms with van der Waals surface area (Å²) in [5, 5.41) is 0. The molecule has 0 spiro atoms. The van der Waals surface area contributed by atoms with E-state index in [1.807, 2.05) is 0 Å². The summed E-state index contributed by atoms with van der Waals surface area (Å²) in [7, 11) is 2.72. The molecule has 1 heterocycles. The van der Waals surface area contributed by atoms with E-state index in [2.05, 4.69) is 4.74 Å². The summed E-state index contributed by atoms with van der Waals surface area (Å²) >= 11 is 0. The Hall–Kier alpha value is -0.940. The number of ether oxygens (including phenoxy) is 3. The van der Waals surface area contributed by atoms with Gasteiger partial charge in [0.05, 0.1) is 7.11 Å². The van der Waals surface area contributed by atoms with Gasteiger partial charge < -0.3 is 14.2 Å². The normalized spacial score (nSPS) is 19.6. The fourth-order valence-electron chi connectivity index (χ4n) is 1.78. The summed E-state index contributed by atoms with van der Waals surface area (Å²) in [6, 6.07) is 0. The Labute approximate surface area is 88.7 Å². The van der Waals surface area contributed by atoms with Crippen LogP contribution >= 0.6 is 0 Å². The lowest BCUT2D eigenvalue weighted by molar-refractivity contribution is -0.165. The maximum atomic E-state index is 11.8. The zero-order chi connectivity index (χ0) is 11.3. The molecule has 1 aliphatic heterocycles. The van der Waals surface area contributed by atoms with Crippen LogP contribution in [-0.2, 0) is 23.8 Å². The average molecular weight is 216 g/mol. The van der Waals surface area contributed by atoms with Crippen molar-refractivity contribution in [2.24, 2.45) is 5.41 Å². The van der Waals surface area contributed by atoms with Gasteiger partial charge in [-0.15, -0.1) is 0 Å². The fourth-order valence-corrected chi connectivity index (χ4v) is 1.78. The maximum Gasteiger partial charge on any atom is 0.319 e. The molecule has 0 atom stereocenters. The summed E-state index contributed by atoms with van der Waals surface area (Å²) in [6.45, 7) is 0.754. The summed E-state index contributed by atoms with van der Waals surface area (Å²) in [5.74, 6) is -0.701. The number of rotatable bonds is 4. The number of methoxy groups -OCH3 is 2. The van der Waals surface area contributed by atoms with Crippen molar-refractivity contribution in [3.8, 4) is 0 Å². The summed E-state index contributed by atoms with van der Waals surface area (Å²) in [4.78, 5) is 23.5. The van der Waals surface area contributed by atoms with Gasteiger partial charge in [0, 0.05) is 20.3 Å². The van der Waals surface area contributed by atoms with Gasteiger partial charge in [0.1, 0.15) is 12.0 Å². The van der Waals surface area contributed by atoms with Crippen molar-refractivity contribution in [3.05, 3.63) is 0 Å². The maximum absolute atomic E-state index is 11.8. The molecular formula is C10H16O5. The minimum atomic E-state index is -1.05. The second kappa shape index (κ2) is 5.23. The van der Waals surface area contributed by atoms with Gasteiger partial charge in [-0.2, -0.15) is 0 Å². The number of Topliss-reactive ketones (excluding diaryl/α,β-unsaturated/α-hetero) is 1. The molecule has 5 nitrogen and oxygen atoms in total. The number of carbonyl (C=O) groups excluding carboxylic acids is 2. The van der Waals surface area contributed by atoms with E-state index in [1.165, 1.54) is 14.2 Å². The van der Waals surface area contributed by atoms with Crippen LogP contribution in [-0.4, -0.2) is 45.8 Å². The van der Waals surface area contributed by atoms with Crippen LogP contribution in [0.1, 0.15) is 12.8 Å². The number of carbonyl (C=O) groups is 2. The Bertz CT molecular complexity index is 242. The molecule has 1 aliphatic rings. The topological polar surface area (TPSA) is 61.8 Å². The molecule has 15 heavy (non-hydrogen) atoms. The van der Waals surface area contributed by atoms with E-state index in [9.17, 15) is 9.59 Å². The highest BCUT2D eigenvalue weighted by Crippen LogP contribution is 2.33. The smallest absolute Gasteiger partial charge is 0.319 e. The molecule has 86 valence electrons. The first kappa shape index (κ1) is 12.1. The molecule has 0 unspecified atom stereocenters. The van der Waals surface area contributed by atoms with Crippen LogP contribution in [0.3, 0.4) is 0 Å². The Morgan fingerprint density at radius 2 is 1.87 bits per heavy atom. The Kier molecular flexibility index (Phi) is 4.23. The number of ketones is 1. The van der Waals surface area contributed by atoms with Crippen molar-refractivity contribution in [2.45, 2.75) is 12.8 Å². The van der Waals surface area contributed by atoms with E-state index in [-0.39, 0.29) is 12.4 Å². The lowest BCUT2D eigenvalue weighted by Gasteiger charge is -2.32. The van der Waals surface area contributed by atoms with E-state index in [1.54, 1.807) is 0 Å². The standard InChI is InChI=1S/C10H16O5/c1-13-7-8(11)10(9(12)14-2)3-5-15-6-4-10/h3-7H2,1-2H3. The molecule has 1 fully saturated rings. The molecule has 0 amide bonds. The second-order valence-corrected chi connectivity index (χ2v) is 3.54. The fraction of sp³-hybridized carbons (Fsp3) is 0.800. The highest BCUT2D eigenvalue weighted by molar-refractivity contribution is 6.04. The third kappa shape index (κ3) is 2.35. The van der Waals surface area contributed by atoms with E-state index < -0.39 is 11.4 Å². The highest BCUT2D eigenvalue weighted by Gasteiger charge is 2.47. The Morgan fingerprint density at radius 1 is 1.27 bits per heavy atom. The second-order valence-electron chi connectivity index (χ2n) is 3.54. The van der Waals surface area contributed by atoms with Crippen LogP contribution in [0, 0.1) is 5.41 Å². The van der Waals surface area contributed by atoms with E-state index in [0.717, 1.165) is 0 Å². The van der Waals surface area contributed by atoms with Gasteiger partial charge in [0.25, 0.3) is 0 Å². The monoisotopic (exact) mass is 216 g/mol. The highest BCUT2D eigenvalue weighted by atomic mass is 16.5. The molecule has 0 bridgehead atoms. The zero-order valence-electron chi connectivity index (χ0n) is 9.08. The van der Waals surface area contributed by atoms with Gasteiger partial charge in [-0.05, 0) is 12.8 Å². The van der Waals surface area contributed by atoms with Gasteiger partial charge >= 0.3 is 5.97 Å². The predicted molar refractivity (Wildman–Crippen MR) is 51.4 cm³/mol. The first-order chi connectivity index (χ1) is 7.17. The molecule has 1 rings (SSSR count). The van der Waals surface area contributed by atoms with Gasteiger partial charge in [0.2, 0.25) is 0 Å². The average Bonchev–Trinajstić information content (AvgIpc) is 2.29. The van der Waals surface area contributed by atoms with Crippen LogP contribution in [0.4, 0.5) is 0 Å². The van der Waals surface area contributed by atoms with E-state index in [4.69, 9.17) is 9.47 Å².